The molecule has 2 fully saturated rings. The third-order valence-electron chi connectivity index (χ3n) is 9.05. The topological polar surface area (TPSA) is 184 Å². The normalized spacial score (nSPS) is 15.1. The van der Waals surface area contributed by atoms with Crippen LogP contribution in [0.2, 0.25) is 5.02 Å². The number of anilines is 2. The molecule has 2 saturated heterocycles. The maximum atomic E-state index is 14.4. The molecule has 2 aliphatic rings. The summed E-state index contributed by atoms with van der Waals surface area (Å²) in [7, 11) is 4.80. The Morgan fingerprint density at radius 3 is 2.16 bits per heavy atom. The van der Waals surface area contributed by atoms with E-state index in [0.717, 1.165) is 38.3 Å². The zero-order valence-electron chi connectivity index (χ0n) is 30.5. The van der Waals surface area contributed by atoms with E-state index >= 15 is 0 Å². The molecule has 5 heterocycles. The number of hydrogen-bond donors (Lipinski definition) is 3. The van der Waals surface area contributed by atoms with Crippen molar-refractivity contribution in [2.75, 3.05) is 63.6 Å². The van der Waals surface area contributed by atoms with Gasteiger partial charge < -0.3 is 35.0 Å². The number of benzene rings is 1. The molecule has 0 unspecified atom stereocenters. The molecule has 6 rings (SSSR count). The van der Waals surface area contributed by atoms with Crippen molar-refractivity contribution in [1.29, 1.82) is 0 Å². The first kappa shape index (κ1) is 42.4. The summed E-state index contributed by atoms with van der Waals surface area (Å²) in [5.74, 6) is -3.70. The van der Waals surface area contributed by atoms with E-state index in [0.29, 0.717) is 36.7 Å². The molecule has 0 aliphatic carbocycles. The van der Waals surface area contributed by atoms with Gasteiger partial charge in [0.1, 0.15) is 5.82 Å². The summed E-state index contributed by atoms with van der Waals surface area (Å²) in [5, 5.41) is 17.1. The third-order valence-corrected chi connectivity index (χ3v) is 9.36. The Balaban J connectivity index is 0.000000811. The molecule has 16 nitrogen and oxygen atoms in total. The maximum absolute atomic E-state index is 14.4. The average Bonchev–Trinajstić information content (AvgIpc) is 3.79. The van der Waals surface area contributed by atoms with Gasteiger partial charge in [-0.3, -0.25) is 14.4 Å². The van der Waals surface area contributed by atoms with Crippen LogP contribution in [-0.4, -0.2) is 127 Å². The Morgan fingerprint density at radius 1 is 0.947 bits per heavy atom. The zero-order chi connectivity index (χ0) is 41.8. The lowest BCUT2D eigenvalue weighted by atomic mass is 9.96. The second kappa shape index (κ2) is 17.2. The lowest BCUT2D eigenvalue weighted by Gasteiger charge is -2.37. The highest BCUT2D eigenvalue weighted by molar-refractivity contribution is 6.34. The molecule has 57 heavy (non-hydrogen) atoms. The Kier molecular flexibility index (Phi) is 12.8. The number of rotatable bonds is 7. The van der Waals surface area contributed by atoms with Crippen LogP contribution < -0.4 is 15.5 Å². The van der Waals surface area contributed by atoms with Crippen molar-refractivity contribution in [3.8, 4) is 17.2 Å². The molecule has 0 radical (unpaired) electrons. The van der Waals surface area contributed by atoms with Gasteiger partial charge in [-0.25, -0.2) is 14.8 Å². The van der Waals surface area contributed by atoms with Gasteiger partial charge in [-0.2, -0.15) is 41.1 Å². The van der Waals surface area contributed by atoms with Crippen molar-refractivity contribution in [2.24, 2.45) is 13.0 Å². The van der Waals surface area contributed by atoms with Gasteiger partial charge in [-0.15, -0.1) is 0 Å². The van der Waals surface area contributed by atoms with Crippen LogP contribution in [0.5, 0.6) is 0 Å². The monoisotopic (exact) mass is 827 g/mol. The van der Waals surface area contributed by atoms with E-state index in [1.807, 2.05) is 4.90 Å². The number of aromatic nitrogens is 6. The van der Waals surface area contributed by atoms with Gasteiger partial charge in [0.05, 0.1) is 34.2 Å². The quantitative estimate of drug-likeness (QED) is 0.229. The fourth-order valence-corrected chi connectivity index (χ4v) is 6.36. The molecule has 0 spiro atoms. The highest BCUT2D eigenvalue weighted by Gasteiger charge is 2.41. The first-order chi connectivity index (χ1) is 26.8. The van der Waals surface area contributed by atoms with Crippen LogP contribution in [0.4, 0.5) is 37.8 Å². The molecule has 3 aromatic heterocycles. The minimum Gasteiger partial charge on any atom is -0.475 e. The van der Waals surface area contributed by atoms with Crippen LogP contribution in [0, 0.1) is 5.92 Å². The molecular formula is C34H36ClF6N11O5. The highest BCUT2D eigenvalue weighted by atomic mass is 35.5. The predicted molar refractivity (Wildman–Crippen MR) is 192 cm³/mol. The third kappa shape index (κ3) is 9.79. The lowest BCUT2D eigenvalue weighted by molar-refractivity contribution is -0.192. The van der Waals surface area contributed by atoms with Crippen LogP contribution in [0.1, 0.15) is 39.5 Å². The van der Waals surface area contributed by atoms with Crippen molar-refractivity contribution >= 4 is 46.8 Å². The summed E-state index contributed by atoms with van der Waals surface area (Å²) in [6, 6.07) is 5.97. The van der Waals surface area contributed by atoms with E-state index in [1.54, 1.807) is 30.0 Å². The summed E-state index contributed by atoms with van der Waals surface area (Å²) in [4.78, 5) is 65.7. The Morgan fingerprint density at radius 2 is 1.58 bits per heavy atom. The van der Waals surface area contributed by atoms with Crippen molar-refractivity contribution in [2.45, 2.75) is 25.2 Å². The first-order valence-corrected chi connectivity index (χ1v) is 17.5. The van der Waals surface area contributed by atoms with Gasteiger partial charge in [-0.1, -0.05) is 11.6 Å². The number of piperazine rings is 1. The number of nitrogens with one attached hydrogen (secondary N) is 2. The molecule has 306 valence electrons. The molecule has 23 heteroatoms. The van der Waals surface area contributed by atoms with Gasteiger partial charge in [0.2, 0.25) is 5.91 Å². The molecule has 0 saturated carbocycles. The largest absolute Gasteiger partial charge is 0.490 e. The number of hydrogen-bond acceptors (Lipinski definition) is 10. The van der Waals surface area contributed by atoms with Gasteiger partial charge in [0.25, 0.3) is 17.8 Å². The van der Waals surface area contributed by atoms with Gasteiger partial charge >= 0.3 is 18.3 Å². The van der Waals surface area contributed by atoms with Gasteiger partial charge in [0, 0.05) is 65.1 Å². The van der Waals surface area contributed by atoms with E-state index in [9.17, 15) is 40.7 Å². The molecule has 0 atom stereocenters. The second-order valence-electron chi connectivity index (χ2n) is 13.0. The summed E-state index contributed by atoms with van der Waals surface area (Å²) in [6.07, 6.45) is -4.81. The number of halogens is 7. The highest BCUT2D eigenvalue weighted by Crippen LogP contribution is 2.38. The number of amides is 3. The number of imidazole rings is 1. The number of alkyl halides is 6. The fraction of sp³-hybridized carbons (Fsp3) is 0.412. The molecule has 4 aromatic rings. The Bertz CT molecular complexity index is 2120. The minimum atomic E-state index is -5.08. The predicted octanol–water partition coefficient (Wildman–Crippen LogP) is 3.97. The Labute approximate surface area is 325 Å². The van der Waals surface area contributed by atoms with E-state index in [2.05, 4.69) is 30.7 Å². The maximum Gasteiger partial charge on any atom is 0.490 e. The molecule has 3 amide bonds. The second-order valence-corrected chi connectivity index (χ2v) is 13.5. The summed E-state index contributed by atoms with van der Waals surface area (Å²) < 4.78 is 76.9. The Hall–Kier alpha value is -5.77. The standard InChI is InChI=1S/C32H35ClF3N11O3.C2HF3O2/c1-43(2)25-8-11-38-31(42-25)47-26(32(34,35)36)22(17-40-47)24-18-39-27(44(24)3)28(48)41-20-4-5-21(23(33)16-20)30(50)46-14-12-45(13-15-46)29(49)19-6-9-37-10-7-19;3-2(4,5)1(6)7/h4-5,8,11,16-19,37H,6-7,9-10,12-15H2,1-3H3,(H,41,48);(H,6,7). The molecular weight excluding hydrogens is 792 g/mol. The van der Waals surface area contributed by atoms with Crippen LogP contribution in [-0.2, 0) is 22.8 Å². The molecule has 2 aliphatic heterocycles. The zero-order valence-corrected chi connectivity index (χ0v) is 31.3. The van der Waals surface area contributed by atoms with E-state index < -0.39 is 29.9 Å². The smallest absolute Gasteiger partial charge is 0.475 e. The summed E-state index contributed by atoms with van der Waals surface area (Å²) >= 11 is 6.49. The number of carboxylic acids is 1. The number of carboxylic acid groups (broad SMARTS) is 1. The number of carbonyl (C=O) groups is 4. The molecule has 3 N–H and O–H groups in total. The molecule has 1 aromatic carbocycles. The number of nitrogens with zero attached hydrogens (tertiary/aromatic N) is 9. The van der Waals surface area contributed by atoms with Crippen molar-refractivity contribution in [3.63, 3.8) is 0 Å². The summed E-state index contributed by atoms with van der Waals surface area (Å²) in [5.41, 5.74) is -0.994. The van der Waals surface area contributed by atoms with Crippen molar-refractivity contribution in [1.82, 2.24) is 44.4 Å². The minimum absolute atomic E-state index is 0.0102. The van der Waals surface area contributed by atoms with E-state index in [-0.39, 0.29) is 57.0 Å². The lowest BCUT2D eigenvalue weighted by Crippen LogP contribution is -2.52. The van der Waals surface area contributed by atoms with Crippen molar-refractivity contribution < 1.29 is 50.6 Å². The number of piperidine rings is 1. The fourth-order valence-electron chi connectivity index (χ4n) is 6.10. The molecule has 0 bridgehead atoms. The van der Waals surface area contributed by atoms with E-state index in [4.69, 9.17) is 21.5 Å². The van der Waals surface area contributed by atoms with Crippen LogP contribution in [0.3, 0.4) is 0 Å². The van der Waals surface area contributed by atoms with E-state index in [1.165, 1.54) is 36.0 Å². The van der Waals surface area contributed by atoms with Gasteiger partial charge in [0.15, 0.2) is 11.5 Å². The number of aliphatic carboxylic acids is 1. The number of carbonyl (C=O) groups excluding carboxylic acids is 3. The summed E-state index contributed by atoms with van der Waals surface area (Å²) in [6.45, 7) is 3.27. The van der Waals surface area contributed by atoms with Crippen LogP contribution in [0.15, 0.2) is 42.9 Å². The van der Waals surface area contributed by atoms with Crippen LogP contribution in [0.25, 0.3) is 17.2 Å². The first-order valence-electron chi connectivity index (χ1n) is 17.2. The van der Waals surface area contributed by atoms with Crippen LogP contribution >= 0.6 is 11.6 Å². The van der Waals surface area contributed by atoms with Gasteiger partial charge in [-0.05, 0) is 50.2 Å². The van der Waals surface area contributed by atoms with Crippen molar-refractivity contribution in [3.05, 3.63) is 65.0 Å². The SMILES string of the molecule is CN(C)c1ccnc(-n2ncc(-c3cnc(C(=O)Nc4ccc(C(=O)N5CCN(C(=O)C6CCNCC6)CC5)c(Cl)c4)n3C)c2C(F)(F)F)n1.O=C(O)C(F)(F)F. The average molecular weight is 828 g/mol.